The van der Waals surface area contributed by atoms with Crippen LogP contribution in [-0.4, -0.2) is 55.8 Å². The van der Waals surface area contributed by atoms with E-state index in [2.05, 4.69) is 42.7 Å². The molecule has 0 aliphatic carbocycles. The van der Waals surface area contributed by atoms with Crippen LogP contribution in [0.3, 0.4) is 0 Å². The Hall–Kier alpha value is -2.61. The van der Waals surface area contributed by atoms with E-state index in [9.17, 15) is 0 Å². The van der Waals surface area contributed by atoms with Gasteiger partial charge in [-0.15, -0.1) is 10.2 Å². The molecule has 0 saturated carbocycles. The van der Waals surface area contributed by atoms with E-state index >= 15 is 0 Å². The lowest BCUT2D eigenvalue weighted by molar-refractivity contribution is 0.216. The van der Waals surface area contributed by atoms with Crippen LogP contribution in [-0.2, 0) is 6.42 Å². The summed E-state index contributed by atoms with van der Waals surface area (Å²) in [5.74, 6) is 2.40. The molecule has 2 aromatic heterocycles. The zero-order valence-electron chi connectivity index (χ0n) is 13.5. The van der Waals surface area contributed by atoms with Crippen molar-refractivity contribution in [3.63, 3.8) is 0 Å². The van der Waals surface area contributed by atoms with E-state index in [1.165, 1.54) is 12.8 Å². The van der Waals surface area contributed by atoms with Crippen molar-refractivity contribution >= 4 is 0 Å². The lowest BCUT2D eigenvalue weighted by Crippen LogP contribution is -2.31. The second-order valence-electron chi connectivity index (χ2n) is 6.25. The Kier molecular flexibility index (Phi) is 4.04. The molecule has 1 aliphatic rings. The summed E-state index contributed by atoms with van der Waals surface area (Å²) in [6.45, 7) is 2.27. The van der Waals surface area contributed by atoms with E-state index < -0.39 is 0 Å². The maximum Gasteiger partial charge on any atom is 0.258 e. The Morgan fingerprint density at radius 2 is 2.00 bits per heavy atom. The molecule has 4 rings (SSSR count). The molecule has 8 heteroatoms. The van der Waals surface area contributed by atoms with Gasteiger partial charge in [0.05, 0.1) is 5.56 Å². The minimum absolute atomic E-state index is 0.498. The first kappa shape index (κ1) is 14.9. The minimum atomic E-state index is 0.498. The number of hydrogen-bond acceptors (Lipinski definition) is 7. The predicted molar refractivity (Wildman–Crippen MR) is 86.8 cm³/mol. The van der Waals surface area contributed by atoms with Gasteiger partial charge in [0.25, 0.3) is 5.89 Å². The normalized spacial score (nSPS) is 16.5. The van der Waals surface area contributed by atoms with Gasteiger partial charge in [-0.05, 0) is 50.2 Å². The molecule has 0 bridgehead atoms. The molecule has 3 aromatic rings. The number of hydrogen-bond donors (Lipinski definition) is 1. The summed E-state index contributed by atoms with van der Waals surface area (Å²) < 4.78 is 5.49. The minimum Gasteiger partial charge on any atom is -0.334 e. The molecule has 3 heterocycles. The van der Waals surface area contributed by atoms with Gasteiger partial charge in [-0.1, -0.05) is 23.4 Å². The van der Waals surface area contributed by atoms with Crippen molar-refractivity contribution in [2.45, 2.75) is 19.3 Å². The van der Waals surface area contributed by atoms with E-state index in [1.54, 1.807) is 0 Å². The van der Waals surface area contributed by atoms with E-state index in [4.69, 9.17) is 4.52 Å². The topological polar surface area (TPSA) is 96.6 Å². The van der Waals surface area contributed by atoms with Crippen LogP contribution in [0, 0.1) is 5.92 Å². The third kappa shape index (κ3) is 3.05. The molecule has 1 saturated heterocycles. The predicted octanol–water partition coefficient (Wildman–Crippen LogP) is 1.80. The Morgan fingerprint density at radius 3 is 2.75 bits per heavy atom. The monoisotopic (exact) mass is 325 g/mol. The number of aromatic amines is 1. The average molecular weight is 325 g/mol. The van der Waals surface area contributed by atoms with Crippen LogP contribution in [0.5, 0.6) is 0 Å². The van der Waals surface area contributed by atoms with Crippen LogP contribution in [0.1, 0.15) is 18.7 Å². The van der Waals surface area contributed by atoms with E-state index in [1.807, 2.05) is 24.3 Å². The van der Waals surface area contributed by atoms with Crippen LogP contribution in [0.2, 0.25) is 0 Å². The third-order valence-electron chi connectivity index (χ3n) is 4.52. The second kappa shape index (κ2) is 6.48. The van der Waals surface area contributed by atoms with Crippen LogP contribution in [0.25, 0.3) is 22.8 Å². The lowest BCUT2D eigenvalue weighted by Gasteiger charge is -2.27. The molecule has 1 fully saturated rings. The molecule has 124 valence electrons. The number of H-pyrrole nitrogens is 1. The highest BCUT2D eigenvalue weighted by atomic mass is 16.5. The Balaban J connectivity index is 1.55. The smallest absolute Gasteiger partial charge is 0.258 e. The summed E-state index contributed by atoms with van der Waals surface area (Å²) in [6.07, 6.45) is 3.22. The van der Waals surface area contributed by atoms with Crippen LogP contribution < -0.4 is 0 Å². The zero-order chi connectivity index (χ0) is 16.4. The molecule has 1 N–H and O–H groups in total. The molecular formula is C16H19N7O. The number of aromatic nitrogens is 6. The van der Waals surface area contributed by atoms with Crippen molar-refractivity contribution in [2.24, 2.45) is 5.92 Å². The van der Waals surface area contributed by atoms with Gasteiger partial charge in [-0.25, -0.2) is 0 Å². The molecule has 1 aliphatic heterocycles. The van der Waals surface area contributed by atoms with Gasteiger partial charge in [-0.2, -0.15) is 10.2 Å². The number of nitrogens with zero attached hydrogens (tertiary/aromatic N) is 6. The summed E-state index contributed by atoms with van der Waals surface area (Å²) in [6, 6.07) is 7.70. The molecule has 0 spiro atoms. The average Bonchev–Trinajstić information content (AvgIpc) is 3.29. The van der Waals surface area contributed by atoms with Gasteiger partial charge < -0.3 is 9.42 Å². The summed E-state index contributed by atoms with van der Waals surface area (Å²) in [4.78, 5) is 6.95. The summed E-state index contributed by atoms with van der Waals surface area (Å²) in [5, 5.41) is 18.3. The molecule has 0 radical (unpaired) electrons. The number of tetrazole rings is 1. The molecule has 0 atom stereocenters. The molecule has 24 heavy (non-hydrogen) atoms. The summed E-state index contributed by atoms with van der Waals surface area (Å²) in [5.41, 5.74) is 1.64. The van der Waals surface area contributed by atoms with E-state index in [0.29, 0.717) is 17.6 Å². The molecular weight excluding hydrogens is 306 g/mol. The van der Waals surface area contributed by atoms with Crippen LogP contribution in [0.4, 0.5) is 0 Å². The van der Waals surface area contributed by atoms with Gasteiger partial charge >= 0.3 is 0 Å². The summed E-state index contributed by atoms with van der Waals surface area (Å²) >= 11 is 0. The Bertz CT molecular complexity index is 790. The first-order valence-corrected chi connectivity index (χ1v) is 8.14. The third-order valence-corrected chi connectivity index (χ3v) is 4.52. The molecule has 0 unspecified atom stereocenters. The first-order valence-electron chi connectivity index (χ1n) is 8.14. The van der Waals surface area contributed by atoms with Gasteiger partial charge in [-0.3, -0.25) is 0 Å². The maximum atomic E-state index is 5.49. The standard InChI is InChI=1S/C16H19N7O/c1-23-8-6-11(7-9-23)10-14-17-16(24-20-14)13-5-3-2-4-12(13)15-18-21-22-19-15/h2-5,11H,6-10H2,1H3,(H,18,19,21,22). The highest BCUT2D eigenvalue weighted by Gasteiger charge is 2.21. The first-order chi connectivity index (χ1) is 11.8. The van der Waals surface area contributed by atoms with E-state index in [-0.39, 0.29) is 0 Å². The number of rotatable bonds is 4. The van der Waals surface area contributed by atoms with Gasteiger partial charge in [0.2, 0.25) is 5.82 Å². The fourth-order valence-corrected chi connectivity index (χ4v) is 3.11. The van der Waals surface area contributed by atoms with Crippen molar-refractivity contribution in [2.75, 3.05) is 20.1 Å². The summed E-state index contributed by atoms with van der Waals surface area (Å²) in [7, 11) is 2.16. The van der Waals surface area contributed by atoms with Crippen molar-refractivity contribution in [1.82, 2.24) is 35.7 Å². The molecule has 0 amide bonds. The molecule has 1 aromatic carbocycles. The van der Waals surface area contributed by atoms with Crippen LogP contribution >= 0.6 is 0 Å². The van der Waals surface area contributed by atoms with Crippen molar-refractivity contribution in [3.05, 3.63) is 30.1 Å². The SMILES string of the molecule is CN1CCC(Cc2noc(-c3ccccc3-c3nn[nH]n3)n2)CC1. The fraction of sp³-hybridized carbons (Fsp3) is 0.438. The number of nitrogens with one attached hydrogen (secondary N) is 1. The Morgan fingerprint density at radius 1 is 1.21 bits per heavy atom. The van der Waals surface area contributed by atoms with Gasteiger partial charge in [0.15, 0.2) is 5.82 Å². The van der Waals surface area contributed by atoms with Crippen LogP contribution in [0.15, 0.2) is 28.8 Å². The van der Waals surface area contributed by atoms with Crippen molar-refractivity contribution < 1.29 is 4.52 Å². The van der Waals surface area contributed by atoms with Crippen molar-refractivity contribution in [3.8, 4) is 22.8 Å². The van der Waals surface area contributed by atoms with Gasteiger partial charge in [0.1, 0.15) is 0 Å². The molecule has 8 nitrogen and oxygen atoms in total. The number of benzene rings is 1. The largest absolute Gasteiger partial charge is 0.334 e. The Labute approximate surface area is 139 Å². The zero-order valence-corrected chi connectivity index (χ0v) is 13.5. The number of likely N-dealkylation sites (tertiary alicyclic amines) is 1. The number of piperidine rings is 1. The second-order valence-corrected chi connectivity index (χ2v) is 6.25. The highest BCUT2D eigenvalue weighted by molar-refractivity contribution is 5.75. The van der Waals surface area contributed by atoms with Crippen molar-refractivity contribution in [1.29, 1.82) is 0 Å². The van der Waals surface area contributed by atoms with Gasteiger partial charge in [0, 0.05) is 12.0 Å². The lowest BCUT2D eigenvalue weighted by atomic mass is 9.93. The van der Waals surface area contributed by atoms with E-state index in [0.717, 1.165) is 36.5 Å². The maximum absolute atomic E-state index is 5.49. The highest BCUT2D eigenvalue weighted by Crippen LogP contribution is 2.29. The quantitative estimate of drug-likeness (QED) is 0.781. The fourth-order valence-electron chi connectivity index (χ4n) is 3.11.